The average molecular weight is 309 g/mol. The number of hydrogen-bond donors (Lipinski definition) is 2. The zero-order valence-corrected chi connectivity index (χ0v) is 13.1. The molecule has 1 saturated heterocycles. The van der Waals surface area contributed by atoms with Crippen molar-refractivity contribution < 1.29 is 14.3 Å². The molecule has 1 aliphatic rings. The van der Waals surface area contributed by atoms with E-state index < -0.39 is 6.10 Å². The lowest BCUT2D eigenvalue weighted by atomic mass is 10.2. The summed E-state index contributed by atoms with van der Waals surface area (Å²) in [5, 5.41) is 12.0. The summed E-state index contributed by atoms with van der Waals surface area (Å²) >= 11 is 0. The first-order valence-electron chi connectivity index (χ1n) is 7.67. The van der Waals surface area contributed by atoms with Gasteiger partial charge in [0.15, 0.2) is 0 Å². The second-order valence-corrected chi connectivity index (χ2v) is 5.77. The van der Waals surface area contributed by atoms with E-state index in [2.05, 4.69) is 15.1 Å². The third kappa shape index (κ3) is 4.42. The predicted octanol–water partition coefficient (Wildman–Crippen LogP) is 0.833. The van der Waals surface area contributed by atoms with Crippen molar-refractivity contribution in [2.24, 2.45) is 0 Å². The van der Waals surface area contributed by atoms with Gasteiger partial charge >= 0.3 is 0 Å². The average Bonchev–Trinajstić information content (AvgIpc) is 2.53. The van der Waals surface area contributed by atoms with Crippen LogP contribution >= 0.6 is 0 Å². The van der Waals surface area contributed by atoms with E-state index in [1.54, 1.807) is 19.1 Å². The maximum Gasteiger partial charge on any atom is 0.237 e. The van der Waals surface area contributed by atoms with Gasteiger partial charge in [-0.2, -0.15) is 0 Å². The Bertz CT molecular complexity index is 485. The number of nitrogens with zero attached hydrogens (tertiary/aromatic N) is 2. The molecule has 0 aromatic heterocycles. The number of halogens is 1. The topological polar surface area (TPSA) is 55.8 Å². The van der Waals surface area contributed by atoms with E-state index in [1.807, 2.05) is 6.92 Å². The normalized spacial score (nSPS) is 18.8. The Balaban J connectivity index is 1.83. The maximum absolute atomic E-state index is 13.0. The summed E-state index contributed by atoms with van der Waals surface area (Å²) in [5.41, 5.74) is 1.01. The molecule has 0 saturated carbocycles. The van der Waals surface area contributed by atoms with Gasteiger partial charge in [-0.25, -0.2) is 4.39 Å². The van der Waals surface area contributed by atoms with Gasteiger partial charge in [0.1, 0.15) is 5.82 Å². The molecule has 2 rings (SSSR count). The van der Waals surface area contributed by atoms with Crippen LogP contribution in [0.15, 0.2) is 24.3 Å². The summed E-state index contributed by atoms with van der Waals surface area (Å²) < 4.78 is 13.0. The number of aliphatic hydroxyl groups is 1. The highest BCUT2D eigenvalue weighted by molar-refractivity contribution is 5.81. The Morgan fingerprint density at radius 1 is 1.23 bits per heavy atom. The van der Waals surface area contributed by atoms with Crippen LogP contribution in [0.2, 0.25) is 0 Å². The van der Waals surface area contributed by atoms with Crippen molar-refractivity contribution in [3.8, 4) is 0 Å². The van der Waals surface area contributed by atoms with Crippen LogP contribution in [0.25, 0.3) is 0 Å². The van der Waals surface area contributed by atoms with Gasteiger partial charge in [0.05, 0.1) is 12.1 Å². The summed E-state index contributed by atoms with van der Waals surface area (Å²) in [5.74, 6) is -0.290. The van der Waals surface area contributed by atoms with Crippen LogP contribution in [0, 0.1) is 5.82 Å². The molecular weight excluding hydrogens is 285 g/mol. The van der Waals surface area contributed by atoms with Crippen molar-refractivity contribution in [2.75, 3.05) is 37.6 Å². The highest BCUT2D eigenvalue weighted by Gasteiger charge is 2.25. The van der Waals surface area contributed by atoms with E-state index in [-0.39, 0.29) is 24.3 Å². The van der Waals surface area contributed by atoms with E-state index in [0.29, 0.717) is 0 Å². The van der Waals surface area contributed by atoms with Gasteiger partial charge in [-0.05, 0) is 38.1 Å². The molecule has 0 spiro atoms. The van der Waals surface area contributed by atoms with Gasteiger partial charge < -0.3 is 15.3 Å². The van der Waals surface area contributed by atoms with Crippen LogP contribution in [-0.2, 0) is 4.79 Å². The summed E-state index contributed by atoms with van der Waals surface area (Å²) in [6, 6.07) is 6.28. The number of anilines is 1. The Morgan fingerprint density at radius 2 is 1.82 bits per heavy atom. The number of carbonyl (C=O) groups excluding carboxylic acids is 1. The molecule has 2 unspecified atom stereocenters. The molecule has 1 aromatic rings. The lowest BCUT2D eigenvalue weighted by molar-refractivity contribution is -0.126. The lowest BCUT2D eigenvalue weighted by Gasteiger charge is -2.38. The second kappa shape index (κ2) is 7.56. The number of piperazine rings is 1. The molecular formula is C16H24FN3O2. The summed E-state index contributed by atoms with van der Waals surface area (Å²) in [4.78, 5) is 16.3. The SMILES string of the molecule is CC(O)CNC(=O)C(C)N1CCN(c2ccc(F)cc2)CC1. The molecule has 6 heteroatoms. The third-order valence-electron chi connectivity index (χ3n) is 4.00. The minimum absolute atomic E-state index is 0.0591. The monoisotopic (exact) mass is 309 g/mol. The van der Waals surface area contributed by atoms with E-state index in [0.717, 1.165) is 31.9 Å². The molecule has 2 atom stereocenters. The Hall–Kier alpha value is -1.66. The molecule has 2 N–H and O–H groups in total. The molecule has 0 bridgehead atoms. The van der Waals surface area contributed by atoms with Gasteiger partial charge in [-0.3, -0.25) is 9.69 Å². The molecule has 1 aromatic carbocycles. The number of rotatable bonds is 5. The molecule has 5 nitrogen and oxygen atoms in total. The minimum Gasteiger partial charge on any atom is -0.392 e. The van der Waals surface area contributed by atoms with Gasteiger partial charge in [0.2, 0.25) is 5.91 Å². The van der Waals surface area contributed by atoms with Crippen LogP contribution in [0.1, 0.15) is 13.8 Å². The van der Waals surface area contributed by atoms with Gasteiger partial charge in [0.25, 0.3) is 0 Å². The molecule has 122 valence electrons. The zero-order valence-electron chi connectivity index (χ0n) is 13.1. The molecule has 1 aliphatic heterocycles. The fourth-order valence-corrected chi connectivity index (χ4v) is 2.58. The van der Waals surface area contributed by atoms with Crippen molar-refractivity contribution in [1.29, 1.82) is 0 Å². The first kappa shape index (κ1) is 16.7. The van der Waals surface area contributed by atoms with Crippen molar-refractivity contribution in [3.63, 3.8) is 0 Å². The summed E-state index contributed by atoms with van der Waals surface area (Å²) in [7, 11) is 0. The van der Waals surface area contributed by atoms with Gasteiger partial charge in [-0.1, -0.05) is 0 Å². The first-order valence-corrected chi connectivity index (χ1v) is 7.67. The van der Waals surface area contributed by atoms with Crippen LogP contribution < -0.4 is 10.2 Å². The standard InChI is InChI=1S/C16H24FN3O2/c1-12(21)11-18-16(22)13(2)19-7-9-20(10-8-19)15-5-3-14(17)4-6-15/h3-6,12-13,21H,7-11H2,1-2H3,(H,18,22). The van der Waals surface area contributed by atoms with Crippen molar-refractivity contribution in [3.05, 3.63) is 30.1 Å². The van der Waals surface area contributed by atoms with Gasteiger partial charge in [0, 0.05) is 38.4 Å². The smallest absolute Gasteiger partial charge is 0.237 e. The van der Waals surface area contributed by atoms with Crippen molar-refractivity contribution in [1.82, 2.24) is 10.2 Å². The zero-order chi connectivity index (χ0) is 16.1. The summed E-state index contributed by atoms with van der Waals surface area (Å²) in [6.07, 6.45) is -0.536. The van der Waals surface area contributed by atoms with E-state index >= 15 is 0 Å². The highest BCUT2D eigenvalue weighted by atomic mass is 19.1. The number of hydrogen-bond acceptors (Lipinski definition) is 4. The van der Waals surface area contributed by atoms with Crippen LogP contribution in [0.3, 0.4) is 0 Å². The molecule has 1 amide bonds. The van der Waals surface area contributed by atoms with E-state index in [9.17, 15) is 14.3 Å². The van der Waals surface area contributed by atoms with Crippen LogP contribution in [0.5, 0.6) is 0 Å². The molecule has 22 heavy (non-hydrogen) atoms. The fraction of sp³-hybridized carbons (Fsp3) is 0.562. The minimum atomic E-state index is -0.536. The largest absolute Gasteiger partial charge is 0.392 e. The number of aliphatic hydroxyl groups excluding tert-OH is 1. The van der Waals surface area contributed by atoms with Crippen LogP contribution in [0.4, 0.5) is 10.1 Å². The number of nitrogens with one attached hydrogen (secondary N) is 1. The first-order chi connectivity index (χ1) is 10.5. The second-order valence-electron chi connectivity index (χ2n) is 5.77. The van der Waals surface area contributed by atoms with Crippen molar-refractivity contribution >= 4 is 11.6 Å². The molecule has 0 aliphatic carbocycles. The third-order valence-corrected chi connectivity index (χ3v) is 4.00. The number of benzene rings is 1. The summed E-state index contributed by atoms with van der Waals surface area (Å²) in [6.45, 7) is 6.97. The maximum atomic E-state index is 13.0. The van der Waals surface area contributed by atoms with Gasteiger partial charge in [-0.15, -0.1) is 0 Å². The Morgan fingerprint density at radius 3 is 2.36 bits per heavy atom. The van der Waals surface area contributed by atoms with E-state index in [1.165, 1.54) is 12.1 Å². The lowest BCUT2D eigenvalue weighted by Crippen LogP contribution is -2.54. The molecule has 0 radical (unpaired) electrons. The van der Waals surface area contributed by atoms with Crippen molar-refractivity contribution in [2.45, 2.75) is 26.0 Å². The van der Waals surface area contributed by atoms with Crippen LogP contribution in [-0.4, -0.2) is 60.8 Å². The molecule has 1 heterocycles. The number of amides is 1. The van der Waals surface area contributed by atoms with E-state index in [4.69, 9.17) is 0 Å². The molecule has 1 fully saturated rings. The Labute approximate surface area is 130 Å². The number of carbonyl (C=O) groups is 1. The Kier molecular flexibility index (Phi) is 5.74. The predicted molar refractivity (Wildman–Crippen MR) is 84.3 cm³/mol. The highest BCUT2D eigenvalue weighted by Crippen LogP contribution is 2.17. The fourth-order valence-electron chi connectivity index (χ4n) is 2.58. The quantitative estimate of drug-likeness (QED) is 0.846.